The van der Waals surface area contributed by atoms with Crippen molar-refractivity contribution in [3.8, 4) is 0 Å². The van der Waals surface area contributed by atoms with Crippen LogP contribution in [-0.4, -0.2) is 8.07 Å². The van der Waals surface area contributed by atoms with Gasteiger partial charge < -0.3 is 14.9 Å². The molecule has 0 amide bonds. The molecule has 2 aliphatic rings. The predicted octanol–water partition coefficient (Wildman–Crippen LogP) is 7.96. The average Bonchev–Trinajstić information content (AvgIpc) is 2.93. The van der Waals surface area contributed by atoms with Crippen molar-refractivity contribution in [2.75, 3.05) is 0 Å². The van der Waals surface area contributed by atoms with Gasteiger partial charge in [0.2, 0.25) is 0 Å². The Kier molecular flexibility index (Phi) is 10.4. The van der Waals surface area contributed by atoms with Gasteiger partial charge in [0.25, 0.3) is 0 Å². The van der Waals surface area contributed by atoms with Crippen LogP contribution in [0.4, 0.5) is 0 Å². The minimum absolute atomic E-state index is 0. The Hall–Kier alpha value is -1.15. The van der Waals surface area contributed by atoms with Gasteiger partial charge in [-0.25, -0.2) is 5.57 Å². The first-order valence-corrected chi connectivity index (χ1v) is 13.8. The predicted molar refractivity (Wildman–Crippen MR) is 146 cm³/mol. The van der Waals surface area contributed by atoms with Gasteiger partial charge in [0.1, 0.15) is 8.07 Å². The van der Waals surface area contributed by atoms with Crippen LogP contribution in [0.2, 0.25) is 10.6 Å². The maximum absolute atomic E-state index is 4.11. The first-order chi connectivity index (χ1) is 14.3. The van der Waals surface area contributed by atoms with Crippen LogP contribution in [0, 0.1) is 34.8 Å². The molecule has 2 unspecified atom stereocenters. The van der Waals surface area contributed by atoms with Crippen LogP contribution in [0.1, 0.15) is 70.9 Å². The number of hydrogen-bond acceptors (Lipinski definition) is 0. The summed E-state index contributed by atoms with van der Waals surface area (Å²) in [5.41, 5.74) is 7.93. The third-order valence-electron chi connectivity index (χ3n) is 8.22. The van der Waals surface area contributed by atoms with Crippen LogP contribution in [0.25, 0.3) is 0 Å². The van der Waals surface area contributed by atoms with Gasteiger partial charge in [-0.1, -0.05) is 128 Å². The minimum Gasteiger partial charge on any atom is -0.358 e. The smallest absolute Gasteiger partial charge is 0.358 e. The van der Waals surface area contributed by atoms with Gasteiger partial charge in [0.05, 0.1) is 0 Å². The molecule has 0 spiro atoms. The molecule has 0 bridgehead atoms. The van der Waals surface area contributed by atoms with Crippen LogP contribution >= 0.6 is 0 Å². The Morgan fingerprint density at radius 2 is 1.33 bits per heavy atom. The molecule has 175 valence electrons. The average molecular weight is 492 g/mol. The molecule has 2 aromatic rings. The topological polar surface area (TPSA) is 0 Å². The second-order valence-electron chi connectivity index (χ2n) is 10.0. The van der Waals surface area contributed by atoms with E-state index in [-0.39, 0.29) is 41.6 Å². The quantitative estimate of drug-likeness (QED) is 0.301. The van der Waals surface area contributed by atoms with Gasteiger partial charge in [0.15, 0.2) is 0 Å². The maximum Gasteiger partial charge on any atom is 3.00 e. The van der Waals surface area contributed by atoms with E-state index in [2.05, 4.69) is 96.1 Å². The van der Waals surface area contributed by atoms with Crippen LogP contribution in [0.15, 0.2) is 65.3 Å². The summed E-state index contributed by atoms with van der Waals surface area (Å²) in [6, 6.07) is 19.0. The van der Waals surface area contributed by atoms with E-state index in [1.54, 1.807) is 15.9 Å². The monoisotopic (exact) mass is 491 g/mol. The fourth-order valence-corrected chi connectivity index (χ4v) is 14.0. The molecule has 1 saturated carbocycles. The van der Waals surface area contributed by atoms with E-state index in [1.807, 2.05) is 0 Å². The standard InChI is InChI=1S/C29H37Si.2CH3.Ti/c1-21-17-22(2)19-28(18-21)30(26-13-9-7-10-14-26,27-15-11-8-12-16-27)29(6)20-23(3)24(4)25(29)5;;;/h7,9-10,13-14,17-19,27H,8,11-12,15-16H2,1-6H3;2*1H3;/q3*-1;+3. The van der Waals surface area contributed by atoms with Crippen molar-refractivity contribution in [1.29, 1.82) is 0 Å². The molecule has 0 saturated heterocycles. The van der Waals surface area contributed by atoms with E-state index >= 15 is 0 Å². The molecule has 2 atom stereocenters. The van der Waals surface area contributed by atoms with Crippen LogP contribution in [-0.2, 0) is 21.7 Å². The number of rotatable bonds is 4. The van der Waals surface area contributed by atoms with E-state index in [9.17, 15) is 0 Å². The molecule has 0 aromatic heterocycles. The maximum atomic E-state index is 4.11. The van der Waals surface area contributed by atoms with Crippen molar-refractivity contribution in [3.63, 3.8) is 0 Å². The van der Waals surface area contributed by atoms with E-state index in [0.29, 0.717) is 0 Å². The zero-order chi connectivity index (χ0) is 21.5. The number of hydrogen-bond donors (Lipinski definition) is 0. The first kappa shape index (κ1) is 29.9. The Balaban J connectivity index is 0.00000181. The molecule has 33 heavy (non-hydrogen) atoms. The Morgan fingerprint density at radius 1 is 0.788 bits per heavy atom. The normalized spacial score (nSPS) is 22.4. The summed E-state index contributed by atoms with van der Waals surface area (Å²) < 4.78 is 0. The molecule has 1 radical (unpaired) electrons. The van der Waals surface area contributed by atoms with Crippen molar-refractivity contribution in [2.45, 2.75) is 84.2 Å². The summed E-state index contributed by atoms with van der Waals surface area (Å²) in [7, 11) is -2.24. The second-order valence-corrected chi connectivity index (χ2v) is 14.6. The van der Waals surface area contributed by atoms with Gasteiger partial charge in [-0.2, -0.15) is 11.1 Å². The summed E-state index contributed by atoms with van der Waals surface area (Å²) in [5.74, 6) is 0. The van der Waals surface area contributed by atoms with Gasteiger partial charge in [-0.05, 0) is 19.4 Å². The molecule has 0 N–H and O–H groups in total. The van der Waals surface area contributed by atoms with Crippen molar-refractivity contribution in [1.82, 2.24) is 0 Å². The Bertz CT molecular complexity index is 977. The van der Waals surface area contributed by atoms with E-state index in [4.69, 9.17) is 0 Å². The zero-order valence-electron chi connectivity index (χ0n) is 22.2. The molecule has 0 heterocycles. The number of allylic oxidation sites excluding steroid dienone is 4. The number of benzene rings is 2. The first-order valence-electron chi connectivity index (χ1n) is 11.7. The van der Waals surface area contributed by atoms with Crippen molar-refractivity contribution >= 4 is 18.4 Å². The zero-order valence-corrected chi connectivity index (χ0v) is 24.8. The van der Waals surface area contributed by atoms with Gasteiger partial charge in [-0.3, -0.25) is 6.08 Å². The molecule has 2 aromatic carbocycles. The van der Waals surface area contributed by atoms with Crippen molar-refractivity contribution in [2.24, 2.45) is 0 Å². The molecule has 0 nitrogen and oxygen atoms in total. The fraction of sp³-hybridized carbons (Fsp3) is 0.419. The van der Waals surface area contributed by atoms with Crippen LogP contribution in [0.3, 0.4) is 0 Å². The largest absolute Gasteiger partial charge is 3.00 e. The second kappa shape index (κ2) is 11.5. The summed E-state index contributed by atoms with van der Waals surface area (Å²) >= 11 is 0. The molecule has 2 aliphatic carbocycles. The molecule has 0 aliphatic heterocycles. The fourth-order valence-electron chi connectivity index (χ4n) is 6.68. The van der Waals surface area contributed by atoms with Gasteiger partial charge in [0, 0.05) is 0 Å². The van der Waals surface area contributed by atoms with Gasteiger partial charge >= 0.3 is 21.7 Å². The molecule has 2 heteroatoms. The SMILES string of the molecule is CC1=[C-]C(C)([Si](c2ccccc2)(c2cc(C)cc(C)c2)C2CCCCC2)C(C)=C1C.[CH3-].[CH3-].[Ti+3]. The van der Waals surface area contributed by atoms with Crippen molar-refractivity contribution < 1.29 is 21.7 Å². The van der Waals surface area contributed by atoms with E-state index in [1.165, 1.54) is 54.4 Å². The third kappa shape index (κ3) is 4.84. The number of aryl methyl sites for hydroxylation is 2. The third-order valence-corrected chi connectivity index (χ3v) is 14.5. The summed E-state index contributed by atoms with van der Waals surface area (Å²) in [4.78, 5) is 0. The van der Waals surface area contributed by atoms with E-state index < -0.39 is 8.07 Å². The summed E-state index contributed by atoms with van der Waals surface area (Å²) in [6.45, 7) is 14.1. The Morgan fingerprint density at radius 3 is 1.82 bits per heavy atom. The summed E-state index contributed by atoms with van der Waals surface area (Å²) in [6.07, 6.45) is 11.0. The van der Waals surface area contributed by atoms with E-state index in [0.717, 1.165) is 5.54 Å². The van der Waals surface area contributed by atoms with Crippen LogP contribution in [0.5, 0.6) is 0 Å². The van der Waals surface area contributed by atoms with Crippen LogP contribution < -0.4 is 10.4 Å². The molecule has 4 rings (SSSR count). The molecule has 1 fully saturated rings. The molecular weight excluding hydrogens is 448 g/mol. The summed E-state index contributed by atoms with van der Waals surface area (Å²) in [5, 5.41) is 3.21. The van der Waals surface area contributed by atoms with Crippen molar-refractivity contribution in [3.05, 3.63) is 97.3 Å². The minimum atomic E-state index is -2.24. The Labute approximate surface area is 220 Å². The molecular formula is C31H43SiTi. The van der Waals surface area contributed by atoms with Gasteiger partial charge in [-0.15, -0.1) is 6.92 Å².